The van der Waals surface area contributed by atoms with Gasteiger partial charge in [0.15, 0.2) is 11.4 Å². The molecule has 6 amide bonds. The summed E-state index contributed by atoms with van der Waals surface area (Å²) in [5, 5.41) is 80.9. The third-order valence-corrected chi connectivity index (χ3v) is 28.1. The number of carboxylic acids is 7. The van der Waals surface area contributed by atoms with E-state index in [1.54, 1.807) is 13.8 Å². The number of hydrogen-bond donors (Lipinski definition) is 13. The summed E-state index contributed by atoms with van der Waals surface area (Å²) in [6, 6.07) is 11.6. The Balaban J connectivity index is 0.000000464. The van der Waals surface area contributed by atoms with Gasteiger partial charge in [0.05, 0.1) is 103 Å². The minimum absolute atomic E-state index is 0.0296. The number of aromatic nitrogens is 2. The molecule has 8 rings (SSSR count). The Morgan fingerprint density at radius 2 is 0.752 bits per heavy atom. The van der Waals surface area contributed by atoms with E-state index >= 15 is 0 Å². The second-order valence-corrected chi connectivity index (χ2v) is 41.3. The van der Waals surface area contributed by atoms with Crippen molar-refractivity contribution in [2.24, 2.45) is 91.7 Å². The highest BCUT2D eigenvalue weighted by Crippen LogP contribution is 2.40. The van der Waals surface area contributed by atoms with Crippen LogP contribution in [-0.4, -0.2) is 246 Å². The Kier molecular flexibility index (Phi) is 58.0. The molecule has 1 aromatic heterocycles. The monoisotopic (exact) mass is 2110 g/mol. The third-order valence-electron chi connectivity index (χ3n) is 28.1. The third kappa shape index (κ3) is 46.2. The van der Waals surface area contributed by atoms with Crippen molar-refractivity contribution in [1.29, 1.82) is 0 Å². The van der Waals surface area contributed by atoms with Crippen LogP contribution in [0.3, 0.4) is 0 Å². The number of ether oxygens (including phenoxy) is 5. The molecule has 5 aliphatic rings. The number of hydrogen-bond acceptors (Lipinski definition) is 30. The Morgan fingerprint density at radius 3 is 1.18 bits per heavy atom. The molecule has 5 aliphatic carbocycles. The van der Waals surface area contributed by atoms with Crippen LogP contribution < -0.4 is 36.6 Å². The van der Waals surface area contributed by atoms with Gasteiger partial charge in [0.25, 0.3) is 6.29 Å². The molecule has 149 heavy (non-hydrogen) atoms. The highest BCUT2D eigenvalue weighted by Gasteiger charge is 2.45. The molecule has 5 saturated carbocycles. The van der Waals surface area contributed by atoms with Crippen molar-refractivity contribution in [3.8, 4) is 5.75 Å². The van der Waals surface area contributed by atoms with Crippen LogP contribution in [0.4, 0.5) is 5.69 Å². The molecular formula is C106H164N8O35. The summed E-state index contributed by atoms with van der Waals surface area (Å²) in [4.78, 5) is 237. The van der Waals surface area contributed by atoms with Gasteiger partial charge < -0.3 is 91.3 Å². The SMILES string of the molecule is CCC(C)(C)C(=O)NCCNC(=O)C1CCCCC1C(=O)O.CCC(C)(C)C(=O)NCCOC(=O)c1ccc(OC)cc1C(=O)O.CCC(C)(C)C(=O)NCCOC(=O)c1nccnc1C(=O)O.CCC(C)(C)C(=O)Nc1ccccc1CCNC(=O)C1CCCCC1C(=O)O.CCC(C)(C)C(=O)OCC(OOCC1CCCCC1C(=O)O)OOCC1CCCCC1C(=O)O.CCC(C)(C)C(=O)OCCOOCC1CC1C(=O)O. The van der Waals surface area contributed by atoms with Crippen LogP contribution in [0.2, 0.25) is 0 Å². The summed E-state index contributed by atoms with van der Waals surface area (Å²) in [6.45, 7) is 35.2. The lowest BCUT2D eigenvalue weighted by atomic mass is 9.78. The lowest BCUT2D eigenvalue weighted by Gasteiger charge is -2.29. The zero-order valence-electron chi connectivity index (χ0n) is 90.2. The van der Waals surface area contributed by atoms with E-state index in [2.05, 4.69) is 41.9 Å². The van der Waals surface area contributed by atoms with Crippen LogP contribution in [0.1, 0.15) is 320 Å². The normalized spacial score (nSPS) is 19.2. The number of carboxylic acid groups (broad SMARTS) is 7. The van der Waals surface area contributed by atoms with Crippen molar-refractivity contribution in [3.63, 3.8) is 0 Å². The number of rotatable bonds is 53. The van der Waals surface area contributed by atoms with Crippen LogP contribution in [-0.2, 0) is 117 Å². The molecule has 5 fully saturated rings. The van der Waals surface area contributed by atoms with Gasteiger partial charge in [-0.15, -0.1) is 0 Å². The van der Waals surface area contributed by atoms with Gasteiger partial charge >= 0.3 is 65.7 Å². The summed E-state index contributed by atoms with van der Waals surface area (Å²) in [6.07, 6.45) is 18.7. The van der Waals surface area contributed by atoms with E-state index in [-0.39, 0.29) is 148 Å². The second kappa shape index (κ2) is 65.9. The summed E-state index contributed by atoms with van der Waals surface area (Å²) < 4.78 is 25.2. The quantitative estimate of drug-likeness (QED) is 0.00623. The molecule has 10 unspecified atom stereocenters. The van der Waals surface area contributed by atoms with Gasteiger partial charge in [0, 0.05) is 59.4 Å². The molecule has 43 nitrogen and oxygen atoms in total. The number of nitrogens with zero attached hydrogens (tertiary/aromatic N) is 2. The lowest BCUT2D eigenvalue weighted by molar-refractivity contribution is -0.470. The van der Waals surface area contributed by atoms with Crippen molar-refractivity contribution in [2.45, 2.75) is 285 Å². The molecular weight excluding hydrogens is 1950 g/mol. The fourth-order valence-electron chi connectivity index (χ4n) is 15.2. The predicted octanol–water partition coefficient (Wildman–Crippen LogP) is 13.7. The molecule has 43 heteroatoms. The van der Waals surface area contributed by atoms with Crippen molar-refractivity contribution >= 4 is 107 Å². The summed E-state index contributed by atoms with van der Waals surface area (Å²) in [7, 11) is 1.40. The van der Waals surface area contributed by atoms with Gasteiger partial charge in [-0.3, -0.25) is 62.3 Å². The maximum Gasteiger partial charge on any atom is 0.359 e. The molecule has 0 saturated heterocycles. The first-order chi connectivity index (χ1) is 70.1. The average Bonchev–Trinajstić information content (AvgIpc) is 1.72. The Bertz CT molecular complexity index is 4780. The Hall–Kier alpha value is -11.9. The van der Waals surface area contributed by atoms with Gasteiger partial charge in [-0.05, 0) is 178 Å². The lowest BCUT2D eigenvalue weighted by Crippen LogP contribution is -2.44. The van der Waals surface area contributed by atoms with Gasteiger partial charge in [-0.2, -0.15) is 9.78 Å². The number of aliphatic carboxylic acids is 5. The van der Waals surface area contributed by atoms with E-state index in [0.29, 0.717) is 102 Å². The number of methoxy groups -OCH3 is 1. The average molecular weight is 2110 g/mol. The highest BCUT2D eigenvalue weighted by atomic mass is 17.3. The number of benzene rings is 2. The predicted molar refractivity (Wildman–Crippen MR) is 541 cm³/mol. The minimum Gasteiger partial charge on any atom is -0.497 e. The number of amides is 6. The number of aromatic carboxylic acids is 2. The molecule has 0 bridgehead atoms. The molecule has 0 radical (unpaired) electrons. The standard InChI is InChI=1S/C24H40O10.C22H32N2O4.C17H23NO6.C16H28N2O4.C14H19N3O5.C13H22O6/c1-4-24(2,3)23(29)30-15-20(33-31-13-16-9-5-7-11-18(16)21(25)26)34-32-14-17-10-6-8-12-19(17)22(27)28;1-4-22(2,3)21(28)24-18-12-8-5-9-15(18)13-14-23-19(25)16-10-6-7-11-17(16)20(26)27;1-5-17(2,3)16(22)18-8-9-24-15(21)12-7-6-11(23-4)10-13(12)14(19)20;1-4-16(2,3)15(22)18-10-9-17-13(19)11-7-5-6-8-12(11)14(20)21;1-4-14(2,3)13(21)17-7-8-22-12(20)10-9(11(18)19)15-5-6-16-10;1-4-13(2,3)12(16)17-5-6-18-19-8-9-7-10(9)11(14)15/h16-20H,4-15H2,1-3H3,(H,25,26)(H,27,28);5,8-9,12,16-17H,4,6-7,10-11,13-14H2,1-3H3,(H,23,25)(H,24,28)(H,26,27);6-7,10H,5,8-9H2,1-4H3,(H,18,22)(H,19,20);11-12H,4-10H2,1-3H3,(H,17,19)(H,18,22)(H,20,21);5-6H,4,7-8H2,1-3H3,(H,17,21)(H,18,19);9-10H,4-8H2,1-3H3,(H,14,15). The Morgan fingerprint density at radius 1 is 0.362 bits per heavy atom. The number of nitrogens with one attached hydrogen (secondary N) is 6. The van der Waals surface area contributed by atoms with E-state index in [9.17, 15) is 107 Å². The molecule has 3 aromatic rings. The van der Waals surface area contributed by atoms with Crippen molar-refractivity contribution < 1.29 is 170 Å². The van der Waals surface area contributed by atoms with E-state index in [1.165, 1.54) is 37.7 Å². The fourth-order valence-corrected chi connectivity index (χ4v) is 15.2. The topological polar surface area (TPSA) is 631 Å². The second-order valence-electron chi connectivity index (χ2n) is 41.3. The van der Waals surface area contributed by atoms with Gasteiger partial charge in [0.1, 0.15) is 38.8 Å². The van der Waals surface area contributed by atoms with E-state index in [1.807, 2.05) is 135 Å². The summed E-state index contributed by atoms with van der Waals surface area (Å²) in [5.74, 6) is -13.3. The van der Waals surface area contributed by atoms with Crippen molar-refractivity contribution in [3.05, 3.63) is 82.9 Å². The summed E-state index contributed by atoms with van der Waals surface area (Å²) in [5.41, 5.74) is -2.41. The van der Waals surface area contributed by atoms with Crippen molar-refractivity contribution in [1.82, 2.24) is 36.6 Å². The molecule has 838 valence electrons. The largest absolute Gasteiger partial charge is 0.497 e. The molecule has 0 spiro atoms. The minimum atomic E-state index is -1.36. The fraction of sp³-hybridized carbons (Fsp3) is 0.689. The highest BCUT2D eigenvalue weighted by molar-refractivity contribution is 6.03. The maximum absolute atomic E-state index is 12.5. The Labute approximate surface area is 872 Å². The number of carbonyl (C=O) groups excluding carboxylic acids is 10. The first kappa shape index (κ1) is 131. The first-order valence-electron chi connectivity index (χ1n) is 51.5. The van der Waals surface area contributed by atoms with Crippen LogP contribution >= 0.6 is 0 Å². The van der Waals surface area contributed by atoms with Crippen LogP contribution in [0.25, 0.3) is 0 Å². The molecule has 2 aromatic carbocycles. The zero-order valence-corrected chi connectivity index (χ0v) is 90.2. The van der Waals surface area contributed by atoms with Crippen LogP contribution in [0.15, 0.2) is 54.9 Å². The number of para-hydroxylation sites is 1. The van der Waals surface area contributed by atoms with Crippen molar-refractivity contribution in [2.75, 3.05) is 98.0 Å². The van der Waals surface area contributed by atoms with E-state index < -0.39 is 140 Å². The van der Waals surface area contributed by atoms with E-state index in [0.717, 1.165) is 88.3 Å². The summed E-state index contributed by atoms with van der Waals surface area (Å²) >= 11 is 0. The molecule has 13 N–H and O–H groups in total. The number of esters is 4. The van der Waals surface area contributed by atoms with Gasteiger partial charge in [-0.25, -0.2) is 48.7 Å². The molecule has 0 aliphatic heterocycles. The molecule has 1 heterocycles. The number of anilines is 1. The van der Waals surface area contributed by atoms with Crippen LogP contribution in [0.5, 0.6) is 5.75 Å². The van der Waals surface area contributed by atoms with Gasteiger partial charge in [-0.1, -0.05) is 166 Å². The number of carbonyl (C=O) groups is 17. The maximum atomic E-state index is 12.5. The van der Waals surface area contributed by atoms with Crippen LogP contribution in [0, 0.1) is 91.7 Å². The zero-order chi connectivity index (χ0) is 112. The smallest absolute Gasteiger partial charge is 0.359 e. The van der Waals surface area contributed by atoms with Gasteiger partial charge in [0.2, 0.25) is 35.4 Å². The molecule has 10 atom stereocenters. The first-order valence-corrected chi connectivity index (χ1v) is 51.5. The van der Waals surface area contributed by atoms with E-state index in [4.69, 9.17) is 63.2 Å².